The Morgan fingerprint density at radius 2 is 1.35 bits per heavy atom. The first-order chi connectivity index (χ1) is 7.66. The van der Waals surface area contributed by atoms with Crippen molar-refractivity contribution in [3.63, 3.8) is 0 Å². The number of hydrogen-bond donors (Lipinski definition) is 1. The molecule has 0 atom stereocenters. The van der Waals surface area contributed by atoms with Crippen LogP contribution in [0.5, 0.6) is 0 Å². The van der Waals surface area contributed by atoms with E-state index in [1.165, 1.54) is 13.0 Å². The molecule has 102 valence electrons. The van der Waals surface area contributed by atoms with Crippen LogP contribution in [0.4, 0.5) is 0 Å². The smallest absolute Gasteiger partial charge is 0.0718 e. The van der Waals surface area contributed by atoms with Crippen molar-refractivity contribution in [1.82, 2.24) is 9.80 Å². The predicted molar refractivity (Wildman–Crippen MR) is 73.2 cm³/mol. The van der Waals surface area contributed by atoms with Crippen molar-refractivity contribution in [1.29, 1.82) is 0 Å². The Morgan fingerprint density at radius 1 is 0.882 bits per heavy atom. The molecule has 3 nitrogen and oxygen atoms in total. The summed E-state index contributed by atoms with van der Waals surface area (Å²) in [7, 11) is 0. The summed E-state index contributed by atoms with van der Waals surface area (Å²) in [5, 5.41) is 9.79. The zero-order valence-electron chi connectivity index (χ0n) is 12.3. The molecule has 1 fully saturated rings. The van der Waals surface area contributed by atoms with Crippen molar-refractivity contribution in [3.8, 4) is 0 Å². The molecule has 0 aromatic rings. The van der Waals surface area contributed by atoms with Gasteiger partial charge in [-0.15, -0.1) is 0 Å². The van der Waals surface area contributed by atoms with Gasteiger partial charge in [-0.25, -0.2) is 0 Å². The molecule has 0 aromatic carbocycles. The Bertz CT molecular complexity index is 219. The number of aliphatic hydroxyl groups is 1. The van der Waals surface area contributed by atoms with Gasteiger partial charge in [0.25, 0.3) is 0 Å². The lowest BCUT2D eigenvalue weighted by Crippen LogP contribution is -2.50. The van der Waals surface area contributed by atoms with Crippen molar-refractivity contribution in [2.45, 2.75) is 46.6 Å². The topological polar surface area (TPSA) is 26.7 Å². The maximum atomic E-state index is 9.79. The minimum atomic E-state index is -0.562. The second kappa shape index (κ2) is 5.68. The summed E-state index contributed by atoms with van der Waals surface area (Å²) < 4.78 is 0. The van der Waals surface area contributed by atoms with Gasteiger partial charge in [0, 0.05) is 32.7 Å². The van der Waals surface area contributed by atoms with Crippen LogP contribution in [0.1, 0.15) is 41.0 Å². The Balaban J connectivity index is 2.22. The molecule has 1 saturated heterocycles. The van der Waals surface area contributed by atoms with E-state index in [-0.39, 0.29) is 0 Å². The first kappa shape index (κ1) is 14.9. The van der Waals surface area contributed by atoms with E-state index in [1.807, 2.05) is 13.8 Å². The normalized spacial score (nSPS) is 20.8. The molecule has 1 aliphatic rings. The summed E-state index contributed by atoms with van der Waals surface area (Å²) in [6, 6.07) is 0. The van der Waals surface area contributed by atoms with Crippen molar-refractivity contribution in [2.24, 2.45) is 5.41 Å². The van der Waals surface area contributed by atoms with Gasteiger partial charge in [-0.05, 0) is 32.2 Å². The van der Waals surface area contributed by atoms with Crippen molar-refractivity contribution < 1.29 is 5.11 Å². The molecule has 1 heterocycles. The van der Waals surface area contributed by atoms with Crippen LogP contribution in [0.2, 0.25) is 0 Å². The molecular formula is C14H30N2O. The Labute approximate surface area is 107 Å². The van der Waals surface area contributed by atoms with Gasteiger partial charge in [-0.3, -0.25) is 4.90 Å². The summed E-state index contributed by atoms with van der Waals surface area (Å²) in [5.41, 5.74) is -0.127. The summed E-state index contributed by atoms with van der Waals surface area (Å²) in [5.74, 6) is 0. The predicted octanol–water partition coefficient (Wildman–Crippen LogP) is 1.81. The number of nitrogens with zero attached hydrogens (tertiary/aromatic N) is 2. The summed E-state index contributed by atoms with van der Waals surface area (Å²) in [6.45, 7) is 17.2. The van der Waals surface area contributed by atoms with E-state index in [2.05, 4.69) is 30.6 Å². The number of piperazine rings is 1. The average Bonchev–Trinajstić information content (AvgIpc) is 2.13. The van der Waals surface area contributed by atoms with Gasteiger partial charge in [-0.2, -0.15) is 0 Å². The van der Waals surface area contributed by atoms with Gasteiger partial charge in [0.1, 0.15) is 0 Å². The molecule has 0 radical (unpaired) electrons. The molecule has 1 aliphatic heterocycles. The van der Waals surface area contributed by atoms with Gasteiger partial charge in [0.05, 0.1) is 5.60 Å². The van der Waals surface area contributed by atoms with E-state index in [0.29, 0.717) is 5.41 Å². The van der Waals surface area contributed by atoms with Crippen LogP contribution in [-0.2, 0) is 0 Å². The molecule has 0 aliphatic carbocycles. The van der Waals surface area contributed by atoms with Gasteiger partial charge >= 0.3 is 0 Å². The molecule has 17 heavy (non-hydrogen) atoms. The summed E-state index contributed by atoms with van der Waals surface area (Å²) >= 11 is 0. The third kappa shape index (κ3) is 7.02. The molecule has 0 bridgehead atoms. The maximum absolute atomic E-state index is 9.79. The standard InChI is InChI=1S/C14H30N2O/c1-13(2,3)6-7-15-8-10-16(11-9-15)12-14(4,5)17/h17H,6-12H2,1-5H3. The van der Waals surface area contributed by atoms with Crippen molar-refractivity contribution >= 4 is 0 Å². The van der Waals surface area contributed by atoms with E-state index in [9.17, 15) is 5.11 Å². The molecule has 0 saturated carbocycles. The second-order valence-corrected chi connectivity index (χ2v) is 7.24. The highest BCUT2D eigenvalue weighted by molar-refractivity contribution is 4.78. The fourth-order valence-corrected chi connectivity index (χ4v) is 2.21. The van der Waals surface area contributed by atoms with Gasteiger partial charge in [0.15, 0.2) is 0 Å². The van der Waals surface area contributed by atoms with E-state index < -0.39 is 5.60 Å². The molecule has 1 rings (SSSR count). The molecule has 0 spiro atoms. The Hall–Kier alpha value is -0.120. The summed E-state index contributed by atoms with van der Waals surface area (Å²) in [4.78, 5) is 4.92. The minimum Gasteiger partial charge on any atom is -0.389 e. The lowest BCUT2D eigenvalue weighted by atomic mass is 9.92. The Morgan fingerprint density at radius 3 is 1.76 bits per heavy atom. The van der Waals surface area contributed by atoms with Crippen LogP contribution < -0.4 is 0 Å². The molecule has 0 amide bonds. The largest absolute Gasteiger partial charge is 0.389 e. The fraction of sp³-hybridized carbons (Fsp3) is 1.00. The zero-order valence-corrected chi connectivity index (χ0v) is 12.3. The molecule has 3 heteroatoms. The van der Waals surface area contributed by atoms with E-state index in [0.717, 1.165) is 32.7 Å². The van der Waals surface area contributed by atoms with Gasteiger partial charge < -0.3 is 10.0 Å². The number of rotatable bonds is 4. The van der Waals surface area contributed by atoms with Gasteiger partial charge in [-0.1, -0.05) is 20.8 Å². The van der Waals surface area contributed by atoms with E-state index in [1.54, 1.807) is 0 Å². The highest BCUT2D eigenvalue weighted by Gasteiger charge is 2.23. The van der Waals surface area contributed by atoms with Crippen LogP contribution in [0.3, 0.4) is 0 Å². The highest BCUT2D eigenvalue weighted by atomic mass is 16.3. The number of hydrogen-bond acceptors (Lipinski definition) is 3. The average molecular weight is 242 g/mol. The second-order valence-electron chi connectivity index (χ2n) is 7.24. The first-order valence-corrected chi connectivity index (χ1v) is 6.83. The van der Waals surface area contributed by atoms with Crippen LogP contribution in [0.15, 0.2) is 0 Å². The van der Waals surface area contributed by atoms with Crippen molar-refractivity contribution in [3.05, 3.63) is 0 Å². The van der Waals surface area contributed by atoms with Crippen LogP contribution >= 0.6 is 0 Å². The molecular weight excluding hydrogens is 212 g/mol. The van der Waals surface area contributed by atoms with Gasteiger partial charge in [0.2, 0.25) is 0 Å². The molecule has 0 aromatic heterocycles. The third-order valence-corrected chi connectivity index (χ3v) is 3.25. The molecule has 1 N–H and O–H groups in total. The lowest BCUT2D eigenvalue weighted by Gasteiger charge is -2.38. The van der Waals surface area contributed by atoms with Crippen LogP contribution in [0, 0.1) is 5.41 Å². The SMILES string of the molecule is CC(C)(C)CCN1CCN(CC(C)(C)O)CC1. The fourth-order valence-electron chi connectivity index (χ4n) is 2.21. The van der Waals surface area contributed by atoms with E-state index in [4.69, 9.17) is 0 Å². The first-order valence-electron chi connectivity index (χ1n) is 6.83. The maximum Gasteiger partial charge on any atom is 0.0718 e. The quantitative estimate of drug-likeness (QED) is 0.814. The van der Waals surface area contributed by atoms with E-state index >= 15 is 0 Å². The molecule has 0 unspecified atom stereocenters. The summed E-state index contributed by atoms with van der Waals surface area (Å²) in [6.07, 6.45) is 1.26. The van der Waals surface area contributed by atoms with Crippen LogP contribution in [-0.4, -0.2) is 59.8 Å². The highest BCUT2D eigenvalue weighted by Crippen LogP contribution is 2.19. The zero-order chi connectivity index (χ0) is 13.1. The third-order valence-electron chi connectivity index (χ3n) is 3.25. The Kier molecular flexibility index (Phi) is 4.99. The number of β-amino-alcohol motifs (C(OH)–C–C–N with tert-alkyl or cyclic N) is 1. The van der Waals surface area contributed by atoms with Crippen LogP contribution in [0.25, 0.3) is 0 Å². The minimum absolute atomic E-state index is 0.435. The van der Waals surface area contributed by atoms with Crippen molar-refractivity contribution in [2.75, 3.05) is 39.3 Å². The monoisotopic (exact) mass is 242 g/mol. The lowest BCUT2D eigenvalue weighted by molar-refractivity contribution is 0.0166.